The molecule has 0 amide bonds. The fraction of sp³-hybridized carbons (Fsp3) is 0.417. The van der Waals surface area contributed by atoms with E-state index >= 15 is 0 Å². The zero-order chi connectivity index (χ0) is 10.4. The lowest BCUT2D eigenvalue weighted by atomic mass is 10.0. The number of rotatable bonds is 4. The van der Waals surface area contributed by atoms with E-state index in [0.29, 0.717) is 6.42 Å². The summed E-state index contributed by atoms with van der Waals surface area (Å²) in [6, 6.07) is 10.1. The van der Waals surface area contributed by atoms with Gasteiger partial charge in [-0.3, -0.25) is 0 Å². The predicted molar refractivity (Wildman–Crippen MR) is 55.8 cm³/mol. The Morgan fingerprint density at radius 3 is 2.36 bits per heavy atom. The van der Waals surface area contributed by atoms with Gasteiger partial charge in [-0.25, -0.2) is 0 Å². The van der Waals surface area contributed by atoms with Crippen LogP contribution in [0.25, 0.3) is 0 Å². The van der Waals surface area contributed by atoms with Crippen LogP contribution in [-0.2, 0) is 12.8 Å². The molecule has 0 aromatic heterocycles. The van der Waals surface area contributed by atoms with Crippen molar-refractivity contribution in [3.63, 3.8) is 0 Å². The van der Waals surface area contributed by atoms with Gasteiger partial charge in [0.1, 0.15) is 0 Å². The lowest BCUT2D eigenvalue weighted by molar-refractivity contribution is 0.185. The maximum atomic E-state index is 9.11. The van der Waals surface area contributed by atoms with Crippen LogP contribution in [0.1, 0.15) is 24.5 Å². The molecule has 0 aliphatic carbocycles. The summed E-state index contributed by atoms with van der Waals surface area (Å²) in [5, 5.41) is 17.6. The molecular weight excluding hydrogens is 174 g/mol. The Morgan fingerprint density at radius 1 is 1.29 bits per heavy atom. The first-order chi connectivity index (χ1) is 6.72. The van der Waals surface area contributed by atoms with E-state index < -0.39 is 0 Å². The quantitative estimate of drug-likeness (QED) is 0.788. The van der Waals surface area contributed by atoms with Gasteiger partial charge < -0.3 is 5.11 Å². The zero-order valence-electron chi connectivity index (χ0n) is 8.40. The van der Waals surface area contributed by atoms with E-state index in [4.69, 9.17) is 10.4 Å². The average molecular weight is 189 g/mol. The van der Waals surface area contributed by atoms with Gasteiger partial charge in [0.05, 0.1) is 18.6 Å². The Labute approximate surface area is 84.8 Å². The van der Waals surface area contributed by atoms with E-state index in [1.165, 1.54) is 5.56 Å². The van der Waals surface area contributed by atoms with E-state index in [1.54, 1.807) is 6.92 Å². The molecule has 0 fully saturated rings. The molecule has 2 nitrogen and oxygen atoms in total. The van der Waals surface area contributed by atoms with Crippen LogP contribution in [0.3, 0.4) is 0 Å². The van der Waals surface area contributed by atoms with Crippen molar-refractivity contribution in [2.24, 2.45) is 0 Å². The molecule has 0 aliphatic rings. The van der Waals surface area contributed by atoms with E-state index in [1.807, 2.05) is 24.3 Å². The molecule has 1 unspecified atom stereocenters. The second-order valence-electron chi connectivity index (χ2n) is 3.54. The largest absolute Gasteiger partial charge is 0.393 e. The molecule has 0 saturated carbocycles. The van der Waals surface area contributed by atoms with Crippen molar-refractivity contribution in [1.82, 2.24) is 0 Å². The molecule has 0 heterocycles. The molecule has 1 atom stereocenters. The summed E-state index contributed by atoms with van der Waals surface area (Å²) in [6.45, 7) is 1.80. The van der Waals surface area contributed by atoms with Gasteiger partial charge in [-0.2, -0.15) is 5.26 Å². The molecular formula is C12H15NO. The van der Waals surface area contributed by atoms with Gasteiger partial charge in [0.25, 0.3) is 0 Å². The van der Waals surface area contributed by atoms with Gasteiger partial charge in [0, 0.05) is 0 Å². The summed E-state index contributed by atoms with van der Waals surface area (Å²) in [6.07, 6.45) is 1.91. The SMILES string of the molecule is CC(O)CCc1ccc(CC#N)cc1. The molecule has 0 aliphatic heterocycles. The summed E-state index contributed by atoms with van der Waals surface area (Å²) in [7, 11) is 0. The van der Waals surface area contributed by atoms with Gasteiger partial charge in [-0.05, 0) is 30.9 Å². The summed E-state index contributed by atoms with van der Waals surface area (Å²) < 4.78 is 0. The van der Waals surface area contributed by atoms with Crippen molar-refractivity contribution < 1.29 is 5.11 Å². The molecule has 1 rings (SSSR count). The van der Waals surface area contributed by atoms with E-state index in [9.17, 15) is 0 Å². The highest BCUT2D eigenvalue weighted by molar-refractivity contribution is 5.24. The number of benzene rings is 1. The maximum Gasteiger partial charge on any atom is 0.0669 e. The van der Waals surface area contributed by atoms with Gasteiger partial charge in [0.15, 0.2) is 0 Å². The molecule has 1 aromatic carbocycles. The van der Waals surface area contributed by atoms with Gasteiger partial charge >= 0.3 is 0 Å². The Balaban J connectivity index is 2.52. The summed E-state index contributed by atoms with van der Waals surface area (Å²) >= 11 is 0. The zero-order valence-corrected chi connectivity index (χ0v) is 8.40. The van der Waals surface area contributed by atoms with Gasteiger partial charge in [-0.15, -0.1) is 0 Å². The van der Waals surface area contributed by atoms with Crippen molar-refractivity contribution >= 4 is 0 Å². The minimum atomic E-state index is -0.242. The smallest absolute Gasteiger partial charge is 0.0669 e. The van der Waals surface area contributed by atoms with Gasteiger partial charge in [-0.1, -0.05) is 24.3 Å². The molecule has 0 spiro atoms. The fourth-order valence-corrected chi connectivity index (χ4v) is 1.29. The normalized spacial score (nSPS) is 12.1. The monoisotopic (exact) mass is 189 g/mol. The summed E-state index contributed by atoms with van der Waals surface area (Å²) in [4.78, 5) is 0. The van der Waals surface area contributed by atoms with Crippen LogP contribution < -0.4 is 0 Å². The number of aryl methyl sites for hydroxylation is 1. The number of nitriles is 1. The lowest BCUT2D eigenvalue weighted by Gasteiger charge is -2.04. The number of aliphatic hydroxyl groups is 1. The molecule has 0 saturated heterocycles. The van der Waals surface area contributed by atoms with Crippen LogP contribution in [0.5, 0.6) is 0 Å². The highest BCUT2D eigenvalue weighted by Gasteiger charge is 1.98. The molecule has 0 radical (unpaired) electrons. The van der Waals surface area contributed by atoms with Crippen LogP contribution in [0.15, 0.2) is 24.3 Å². The molecule has 74 valence electrons. The third-order valence-electron chi connectivity index (χ3n) is 2.16. The van der Waals surface area contributed by atoms with E-state index in [0.717, 1.165) is 18.4 Å². The Morgan fingerprint density at radius 2 is 1.86 bits per heavy atom. The second kappa shape index (κ2) is 5.41. The first-order valence-corrected chi connectivity index (χ1v) is 4.85. The molecule has 0 bridgehead atoms. The van der Waals surface area contributed by atoms with Crippen LogP contribution in [-0.4, -0.2) is 11.2 Å². The van der Waals surface area contributed by atoms with E-state index in [-0.39, 0.29) is 6.10 Å². The number of hydrogen-bond acceptors (Lipinski definition) is 2. The van der Waals surface area contributed by atoms with E-state index in [2.05, 4.69) is 6.07 Å². The summed E-state index contributed by atoms with van der Waals surface area (Å²) in [5.41, 5.74) is 2.26. The Hall–Kier alpha value is -1.33. The average Bonchev–Trinajstić information content (AvgIpc) is 2.17. The summed E-state index contributed by atoms with van der Waals surface area (Å²) in [5.74, 6) is 0. The third kappa shape index (κ3) is 3.59. The molecule has 2 heteroatoms. The number of nitrogens with zero attached hydrogens (tertiary/aromatic N) is 1. The fourth-order valence-electron chi connectivity index (χ4n) is 1.29. The van der Waals surface area contributed by atoms with Crippen LogP contribution in [0, 0.1) is 11.3 Å². The van der Waals surface area contributed by atoms with Crippen LogP contribution >= 0.6 is 0 Å². The topological polar surface area (TPSA) is 44.0 Å². The molecule has 1 aromatic rings. The first kappa shape index (κ1) is 10.7. The van der Waals surface area contributed by atoms with Gasteiger partial charge in [0.2, 0.25) is 0 Å². The van der Waals surface area contributed by atoms with Crippen LogP contribution in [0.4, 0.5) is 0 Å². The first-order valence-electron chi connectivity index (χ1n) is 4.85. The highest BCUT2D eigenvalue weighted by Crippen LogP contribution is 2.08. The number of aliphatic hydroxyl groups excluding tert-OH is 1. The highest BCUT2D eigenvalue weighted by atomic mass is 16.3. The Bertz CT molecular complexity index is 308. The van der Waals surface area contributed by atoms with Crippen molar-refractivity contribution in [1.29, 1.82) is 5.26 Å². The predicted octanol–water partition coefficient (Wildman–Crippen LogP) is 2.07. The second-order valence-corrected chi connectivity index (χ2v) is 3.54. The van der Waals surface area contributed by atoms with Crippen molar-refractivity contribution in [2.75, 3.05) is 0 Å². The third-order valence-corrected chi connectivity index (χ3v) is 2.16. The molecule has 1 N–H and O–H groups in total. The maximum absolute atomic E-state index is 9.11. The molecule has 14 heavy (non-hydrogen) atoms. The van der Waals surface area contributed by atoms with Crippen LogP contribution in [0.2, 0.25) is 0 Å². The minimum Gasteiger partial charge on any atom is -0.393 e. The van der Waals surface area contributed by atoms with Crippen molar-refractivity contribution in [3.8, 4) is 6.07 Å². The Kier molecular flexibility index (Phi) is 4.15. The van der Waals surface area contributed by atoms with Crippen molar-refractivity contribution in [3.05, 3.63) is 35.4 Å². The van der Waals surface area contributed by atoms with Crippen molar-refractivity contribution in [2.45, 2.75) is 32.3 Å². The lowest BCUT2D eigenvalue weighted by Crippen LogP contribution is -2.01. The standard InChI is InChI=1S/C12H15NO/c1-10(14)2-3-11-4-6-12(7-5-11)8-9-13/h4-7,10,14H,2-3,8H2,1H3. The minimum absolute atomic E-state index is 0.242. The number of hydrogen-bond donors (Lipinski definition) is 1.